The summed E-state index contributed by atoms with van der Waals surface area (Å²) in [7, 11) is 0. The van der Waals surface area contributed by atoms with Crippen molar-refractivity contribution < 1.29 is 36.6 Å². The molecule has 1 atom stereocenters. The van der Waals surface area contributed by atoms with Gasteiger partial charge in [0.25, 0.3) is 0 Å². The van der Waals surface area contributed by atoms with Crippen molar-refractivity contribution in [3.05, 3.63) is 131 Å². The van der Waals surface area contributed by atoms with Gasteiger partial charge in [-0.1, -0.05) is 43.3 Å². The number of morpholine rings is 1. The molecule has 5 rings (SSSR count). The molecule has 258 valence electrons. The number of alkyl carbamates (subject to hydrolysis) is 1. The fourth-order valence-corrected chi connectivity index (χ4v) is 4.86. The smallest absolute Gasteiger partial charge is 0.407 e. The Balaban J connectivity index is 0.000000270. The van der Waals surface area contributed by atoms with Crippen molar-refractivity contribution in [2.75, 3.05) is 31.7 Å². The molecule has 1 saturated heterocycles. The molecule has 12 heteroatoms. The Morgan fingerprint density at radius 2 is 1.49 bits per heavy atom. The monoisotopic (exact) mass is 678 g/mol. The van der Waals surface area contributed by atoms with E-state index in [1.807, 2.05) is 0 Å². The molecule has 3 aromatic carbocycles. The van der Waals surface area contributed by atoms with E-state index in [-0.39, 0.29) is 42.4 Å². The van der Waals surface area contributed by atoms with Crippen molar-refractivity contribution in [1.29, 1.82) is 0 Å². The van der Waals surface area contributed by atoms with Crippen molar-refractivity contribution in [2.24, 2.45) is 0 Å². The second-order valence-corrected chi connectivity index (χ2v) is 10.7. The summed E-state index contributed by atoms with van der Waals surface area (Å²) in [5, 5.41) is 8.49. The van der Waals surface area contributed by atoms with Gasteiger partial charge in [0.2, 0.25) is 5.91 Å². The van der Waals surface area contributed by atoms with Crippen molar-refractivity contribution in [1.82, 2.24) is 15.6 Å². The van der Waals surface area contributed by atoms with Crippen LogP contribution in [0, 0.1) is 36.1 Å². The number of hydrogen-bond acceptors (Lipinski definition) is 6. The average Bonchev–Trinajstić information content (AvgIpc) is 3.12. The molecule has 8 nitrogen and oxygen atoms in total. The van der Waals surface area contributed by atoms with E-state index in [1.54, 1.807) is 43.3 Å². The third-order valence-electron chi connectivity index (χ3n) is 7.33. The number of nitrogens with one attached hydrogen (secondary N) is 3. The Morgan fingerprint density at radius 1 is 0.918 bits per heavy atom. The van der Waals surface area contributed by atoms with Crippen LogP contribution in [0.15, 0.2) is 85.2 Å². The predicted molar refractivity (Wildman–Crippen MR) is 179 cm³/mol. The summed E-state index contributed by atoms with van der Waals surface area (Å²) in [5.41, 5.74) is 2.96. The van der Waals surface area contributed by atoms with E-state index in [0.717, 1.165) is 29.4 Å². The van der Waals surface area contributed by atoms with Crippen molar-refractivity contribution in [3.8, 4) is 12.8 Å². The lowest BCUT2D eigenvalue weighted by molar-refractivity contribution is -0.116. The number of halogens is 4. The molecular formula is C37H38F4N4O4. The average molecular weight is 679 g/mol. The normalized spacial score (nSPS) is 13.6. The summed E-state index contributed by atoms with van der Waals surface area (Å²) in [4.78, 5) is 27.9. The maximum Gasteiger partial charge on any atom is 0.407 e. The van der Waals surface area contributed by atoms with Gasteiger partial charge >= 0.3 is 6.09 Å². The first kappa shape index (κ1) is 38.2. The van der Waals surface area contributed by atoms with E-state index >= 15 is 0 Å². The molecule has 1 aromatic heterocycles. The van der Waals surface area contributed by atoms with Gasteiger partial charge in [-0.15, -0.1) is 12.8 Å². The molecule has 0 unspecified atom stereocenters. The number of terminal acetylenes is 1. The minimum Gasteiger partial charge on any atom is -0.448 e. The number of ether oxygens (including phenoxy) is 2. The van der Waals surface area contributed by atoms with Gasteiger partial charge in [-0.2, -0.15) is 0 Å². The standard InChI is InChI=1S/C22H19F3N2O.C13H17FN2O3.C2H2/c1-2-18-20(25)12-26-13-21(18)27-22(28)11-19(14-3-7-16(23)8-4-14)15-5-9-17(24)10-6-15;14-11-3-1-10(2-4-11)7-16-13(17)19-9-12-8-18-6-5-15-12;1-2/h3-10,12-13,19H,2,11H2,1H3,(H,27,28);1-4,12,15H,5-9H2,(H,16,17);1-2H/t;12-;/m.0./s1. The summed E-state index contributed by atoms with van der Waals surface area (Å²) in [6.07, 6.45) is 10.5. The first-order valence-corrected chi connectivity index (χ1v) is 15.4. The van der Waals surface area contributed by atoms with E-state index in [4.69, 9.17) is 9.47 Å². The van der Waals surface area contributed by atoms with E-state index in [2.05, 4.69) is 33.8 Å². The third kappa shape index (κ3) is 12.7. The van der Waals surface area contributed by atoms with Crippen LogP contribution in [0.1, 0.15) is 41.5 Å². The van der Waals surface area contributed by atoms with Crippen LogP contribution >= 0.6 is 0 Å². The molecule has 4 aromatic rings. The number of carbonyl (C=O) groups is 2. The summed E-state index contributed by atoms with van der Waals surface area (Å²) in [5.74, 6) is -2.30. The minimum atomic E-state index is -0.489. The van der Waals surface area contributed by atoms with Gasteiger partial charge in [0.05, 0.1) is 37.3 Å². The molecule has 2 amide bonds. The molecule has 1 aliphatic rings. The quantitative estimate of drug-likeness (QED) is 0.131. The number of aromatic nitrogens is 1. The summed E-state index contributed by atoms with van der Waals surface area (Å²) >= 11 is 0. The molecule has 0 bridgehead atoms. The minimum absolute atomic E-state index is 0.0247. The summed E-state index contributed by atoms with van der Waals surface area (Å²) < 4.78 is 63.5. The predicted octanol–water partition coefficient (Wildman–Crippen LogP) is 6.51. The third-order valence-corrected chi connectivity index (χ3v) is 7.33. The molecule has 0 aliphatic carbocycles. The maximum absolute atomic E-state index is 13.9. The zero-order valence-electron chi connectivity index (χ0n) is 26.9. The number of hydrogen-bond donors (Lipinski definition) is 3. The van der Waals surface area contributed by atoms with Crippen molar-refractivity contribution in [3.63, 3.8) is 0 Å². The summed E-state index contributed by atoms with van der Waals surface area (Å²) in [6.45, 7) is 4.38. The van der Waals surface area contributed by atoms with E-state index in [9.17, 15) is 27.2 Å². The molecule has 1 fully saturated rings. The van der Waals surface area contributed by atoms with Crippen LogP contribution in [0.4, 0.5) is 28.0 Å². The molecule has 0 radical (unpaired) electrons. The number of rotatable bonds is 10. The SMILES string of the molecule is C#C.CCc1c(F)cncc1NC(=O)CC(c1ccc(F)cc1)c1ccc(F)cc1.O=C(NCc1ccc(F)cc1)OC[C@@H]1COCCN1. The fourth-order valence-electron chi connectivity index (χ4n) is 4.86. The maximum atomic E-state index is 13.9. The highest BCUT2D eigenvalue weighted by molar-refractivity contribution is 5.92. The Morgan fingerprint density at radius 3 is 2.02 bits per heavy atom. The van der Waals surface area contributed by atoms with E-state index in [1.165, 1.54) is 42.6 Å². The molecule has 0 saturated carbocycles. The highest BCUT2D eigenvalue weighted by Crippen LogP contribution is 2.29. The summed E-state index contributed by atoms with van der Waals surface area (Å²) in [6, 6.07) is 17.6. The zero-order valence-corrected chi connectivity index (χ0v) is 26.9. The van der Waals surface area contributed by atoms with Crippen LogP contribution in [-0.2, 0) is 27.2 Å². The first-order valence-electron chi connectivity index (χ1n) is 15.4. The molecule has 49 heavy (non-hydrogen) atoms. The number of carbonyl (C=O) groups excluding carboxylic acids is 2. The number of benzene rings is 3. The first-order chi connectivity index (χ1) is 23.7. The molecule has 3 N–H and O–H groups in total. The topological polar surface area (TPSA) is 102 Å². The van der Waals surface area contributed by atoms with Gasteiger partial charge < -0.3 is 25.4 Å². The second-order valence-electron chi connectivity index (χ2n) is 10.7. The van der Waals surface area contributed by atoms with Gasteiger partial charge in [-0.05, 0) is 59.5 Å². The van der Waals surface area contributed by atoms with E-state index < -0.39 is 17.8 Å². The molecule has 1 aliphatic heterocycles. The van der Waals surface area contributed by atoms with Gasteiger partial charge in [-0.3, -0.25) is 9.78 Å². The highest BCUT2D eigenvalue weighted by Gasteiger charge is 2.20. The lowest BCUT2D eigenvalue weighted by atomic mass is 9.88. The second kappa shape index (κ2) is 20.2. The lowest BCUT2D eigenvalue weighted by Gasteiger charge is -2.23. The van der Waals surface area contributed by atoms with Crippen LogP contribution in [0.25, 0.3) is 0 Å². The number of pyridine rings is 1. The lowest BCUT2D eigenvalue weighted by Crippen LogP contribution is -2.45. The van der Waals surface area contributed by atoms with Gasteiger partial charge in [-0.25, -0.2) is 22.4 Å². The Bertz CT molecular complexity index is 1580. The fraction of sp³-hybridized carbons (Fsp3) is 0.270. The highest BCUT2D eigenvalue weighted by atomic mass is 19.1. The Labute approximate surface area is 283 Å². The van der Waals surface area contributed by atoms with Gasteiger partial charge in [0, 0.05) is 31.0 Å². The van der Waals surface area contributed by atoms with Gasteiger partial charge in [0.1, 0.15) is 29.9 Å². The molecule has 0 spiro atoms. The van der Waals surface area contributed by atoms with Crippen molar-refractivity contribution in [2.45, 2.75) is 38.3 Å². The van der Waals surface area contributed by atoms with E-state index in [0.29, 0.717) is 37.4 Å². The zero-order chi connectivity index (χ0) is 35.6. The van der Waals surface area contributed by atoms with Crippen LogP contribution in [0.2, 0.25) is 0 Å². The van der Waals surface area contributed by atoms with Crippen LogP contribution in [0.5, 0.6) is 0 Å². The number of amides is 2. The van der Waals surface area contributed by atoms with Crippen LogP contribution < -0.4 is 16.0 Å². The van der Waals surface area contributed by atoms with Crippen LogP contribution in [-0.4, -0.2) is 49.4 Å². The Kier molecular flexibility index (Phi) is 15.7. The largest absolute Gasteiger partial charge is 0.448 e. The van der Waals surface area contributed by atoms with Crippen molar-refractivity contribution >= 4 is 17.7 Å². The van der Waals surface area contributed by atoms with Gasteiger partial charge in [0.15, 0.2) is 0 Å². The Hall–Kier alpha value is -5.25. The molecule has 2 heterocycles. The number of anilines is 1. The molecular weight excluding hydrogens is 640 g/mol. The van der Waals surface area contributed by atoms with Crippen LogP contribution in [0.3, 0.4) is 0 Å². The number of nitrogens with zero attached hydrogens (tertiary/aromatic N) is 1.